The van der Waals surface area contributed by atoms with E-state index in [1.165, 1.54) is 19.4 Å². The van der Waals surface area contributed by atoms with Crippen LogP contribution in [0.25, 0.3) is 0 Å². The number of amides is 2. The van der Waals surface area contributed by atoms with Gasteiger partial charge in [0, 0.05) is 12.1 Å². The zero-order valence-electron chi connectivity index (χ0n) is 16.3. The molecule has 1 aliphatic heterocycles. The third kappa shape index (κ3) is 5.51. The summed E-state index contributed by atoms with van der Waals surface area (Å²) < 4.78 is 10.1. The molecule has 1 saturated heterocycles. The van der Waals surface area contributed by atoms with Crippen molar-refractivity contribution in [2.24, 2.45) is 10.2 Å². The van der Waals surface area contributed by atoms with E-state index in [1.807, 2.05) is 0 Å². The molecule has 30 heavy (non-hydrogen) atoms. The number of anilines is 1. The Hall–Kier alpha value is -3.53. The number of methoxy groups -OCH3 is 2. The molecule has 0 spiro atoms. The number of rotatable bonds is 7. The Morgan fingerprint density at radius 3 is 2.70 bits per heavy atom. The molecule has 2 amide bonds. The quantitative estimate of drug-likeness (QED) is 0.460. The van der Waals surface area contributed by atoms with Crippen molar-refractivity contribution in [1.82, 2.24) is 5.32 Å². The number of hydrogen-bond donors (Lipinski definition) is 3. The third-order valence-electron chi connectivity index (χ3n) is 4.08. The van der Waals surface area contributed by atoms with Crippen molar-refractivity contribution in [1.29, 1.82) is 0 Å². The van der Waals surface area contributed by atoms with Crippen LogP contribution in [0, 0.1) is 0 Å². The first-order chi connectivity index (χ1) is 14.5. The van der Waals surface area contributed by atoms with E-state index < -0.39 is 5.25 Å². The summed E-state index contributed by atoms with van der Waals surface area (Å²) in [5.41, 5.74) is 1.28. The van der Waals surface area contributed by atoms with Crippen LogP contribution < -0.4 is 20.1 Å². The summed E-state index contributed by atoms with van der Waals surface area (Å²) in [5.74, 6) is 0.443. The highest BCUT2D eigenvalue weighted by Gasteiger charge is 2.32. The summed E-state index contributed by atoms with van der Waals surface area (Å²) in [6.45, 7) is 0. The van der Waals surface area contributed by atoms with Crippen LogP contribution in [0.2, 0.25) is 0 Å². The number of phenolic OH excluding ortho intramolecular Hbond substituents is 1. The molecule has 156 valence electrons. The lowest BCUT2D eigenvalue weighted by molar-refractivity contribution is -0.122. The predicted molar refractivity (Wildman–Crippen MR) is 115 cm³/mol. The lowest BCUT2D eigenvalue weighted by atomic mass is 10.2. The van der Waals surface area contributed by atoms with Crippen LogP contribution in [-0.4, -0.2) is 47.8 Å². The van der Waals surface area contributed by atoms with Gasteiger partial charge in [0.15, 0.2) is 16.7 Å². The number of nitrogens with zero attached hydrogens (tertiary/aromatic N) is 2. The largest absolute Gasteiger partial charge is 0.504 e. The average Bonchev–Trinajstić information content (AvgIpc) is 3.08. The monoisotopic (exact) mass is 428 g/mol. The Morgan fingerprint density at radius 2 is 2.00 bits per heavy atom. The van der Waals surface area contributed by atoms with E-state index in [0.717, 1.165) is 11.8 Å². The van der Waals surface area contributed by atoms with E-state index in [4.69, 9.17) is 9.47 Å². The minimum Gasteiger partial charge on any atom is -0.504 e. The Labute approximate surface area is 177 Å². The molecular weight excluding hydrogens is 408 g/mol. The van der Waals surface area contributed by atoms with Crippen LogP contribution in [-0.2, 0) is 9.59 Å². The Balaban J connectivity index is 1.55. The lowest BCUT2D eigenvalue weighted by Crippen LogP contribution is -2.28. The molecule has 2 aromatic carbocycles. The second-order valence-corrected chi connectivity index (χ2v) is 7.35. The number of aromatic hydroxyl groups is 1. The first kappa shape index (κ1) is 21.2. The fraction of sp³-hybridized carbons (Fsp3) is 0.200. The number of phenols is 1. The molecular formula is C20H20N4O5S. The van der Waals surface area contributed by atoms with Gasteiger partial charge < -0.3 is 25.2 Å². The summed E-state index contributed by atoms with van der Waals surface area (Å²) in [6, 6.07) is 11.6. The summed E-state index contributed by atoms with van der Waals surface area (Å²) in [6.07, 6.45) is 1.46. The highest BCUT2D eigenvalue weighted by atomic mass is 32.2. The maximum atomic E-state index is 12.2. The van der Waals surface area contributed by atoms with Crippen molar-refractivity contribution in [2.75, 3.05) is 19.5 Å². The van der Waals surface area contributed by atoms with Gasteiger partial charge in [0.25, 0.3) is 0 Å². The first-order valence-corrected chi connectivity index (χ1v) is 9.76. The predicted octanol–water partition coefficient (Wildman–Crippen LogP) is 2.36. The maximum absolute atomic E-state index is 12.2. The molecule has 0 bridgehead atoms. The maximum Gasteiger partial charge on any atom is 0.240 e. The minimum absolute atomic E-state index is 0.000421. The lowest BCUT2D eigenvalue weighted by Gasteiger charge is -2.08. The SMILES string of the molecule is COc1ccc(NC(=O)CC2S/C(=N/N=C/c3ccc(O)c(OC)c3)NC2=O)cc1. The molecule has 1 fully saturated rings. The Morgan fingerprint density at radius 1 is 1.23 bits per heavy atom. The fourth-order valence-electron chi connectivity index (χ4n) is 2.56. The molecule has 3 N–H and O–H groups in total. The summed E-state index contributed by atoms with van der Waals surface area (Å²) >= 11 is 1.14. The first-order valence-electron chi connectivity index (χ1n) is 8.88. The van der Waals surface area contributed by atoms with E-state index >= 15 is 0 Å². The molecule has 10 heteroatoms. The molecule has 1 heterocycles. The smallest absolute Gasteiger partial charge is 0.240 e. The summed E-state index contributed by atoms with van der Waals surface area (Å²) in [7, 11) is 3.01. The zero-order valence-corrected chi connectivity index (χ0v) is 17.1. The molecule has 1 aliphatic rings. The molecule has 2 aromatic rings. The number of amidine groups is 1. The summed E-state index contributed by atoms with van der Waals surface area (Å²) in [4.78, 5) is 24.3. The van der Waals surface area contributed by atoms with Gasteiger partial charge >= 0.3 is 0 Å². The standard InChI is InChI=1S/C20H20N4O5S/c1-28-14-6-4-13(5-7-14)22-18(26)10-17-19(27)23-20(30-17)24-21-11-12-3-8-15(25)16(9-12)29-2/h3-9,11,17,25H,10H2,1-2H3,(H,22,26)(H,23,24,27)/b21-11+. The normalized spacial score (nSPS) is 17.2. The van der Waals surface area contributed by atoms with Crippen molar-refractivity contribution in [3.8, 4) is 17.2 Å². The van der Waals surface area contributed by atoms with E-state index in [2.05, 4.69) is 20.8 Å². The summed E-state index contributed by atoms with van der Waals surface area (Å²) in [5, 5.41) is 22.6. The third-order valence-corrected chi connectivity index (χ3v) is 5.15. The van der Waals surface area contributed by atoms with Crippen LogP contribution >= 0.6 is 11.8 Å². The van der Waals surface area contributed by atoms with Crippen LogP contribution in [0.5, 0.6) is 17.2 Å². The van der Waals surface area contributed by atoms with Crippen LogP contribution in [0.15, 0.2) is 52.7 Å². The molecule has 0 aromatic heterocycles. The van der Waals surface area contributed by atoms with Gasteiger partial charge in [-0.15, -0.1) is 5.10 Å². The number of carbonyl (C=O) groups is 2. The van der Waals surface area contributed by atoms with E-state index in [0.29, 0.717) is 27.9 Å². The van der Waals surface area contributed by atoms with Gasteiger partial charge in [0.1, 0.15) is 11.0 Å². The minimum atomic E-state index is -0.592. The number of nitrogens with one attached hydrogen (secondary N) is 2. The second kappa shape index (κ2) is 9.79. The van der Waals surface area contributed by atoms with Crippen molar-refractivity contribution in [3.05, 3.63) is 48.0 Å². The van der Waals surface area contributed by atoms with Crippen LogP contribution in [0.1, 0.15) is 12.0 Å². The van der Waals surface area contributed by atoms with E-state index in [1.54, 1.807) is 43.5 Å². The van der Waals surface area contributed by atoms with Gasteiger partial charge in [-0.25, -0.2) is 0 Å². The zero-order chi connectivity index (χ0) is 21.5. The van der Waals surface area contributed by atoms with Gasteiger partial charge in [-0.1, -0.05) is 11.8 Å². The highest BCUT2D eigenvalue weighted by Crippen LogP contribution is 2.26. The molecule has 1 atom stereocenters. The topological polar surface area (TPSA) is 122 Å². The van der Waals surface area contributed by atoms with Gasteiger partial charge in [-0.3, -0.25) is 9.59 Å². The van der Waals surface area contributed by atoms with Crippen molar-refractivity contribution in [2.45, 2.75) is 11.7 Å². The van der Waals surface area contributed by atoms with E-state index in [9.17, 15) is 14.7 Å². The van der Waals surface area contributed by atoms with Crippen LogP contribution in [0.3, 0.4) is 0 Å². The van der Waals surface area contributed by atoms with Crippen molar-refractivity contribution >= 4 is 40.6 Å². The molecule has 1 unspecified atom stereocenters. The van der Waals surface area contributed by atoms with E-state index in [-0.39, 0.29) is 24.0 Å². The number of ether oxygens (including phenoxy) is 2. The number of benzene rings is 2. The van der Waals surface area contributed by atoms with Gasteiger partial charge in [-0.05, 0) is 48.0 Å². The van der Waals surface area contributed by atoms with Crippen molar-refractivity contribution in [3.63, 3.8) is 0 Å². The molecule has 0 radical (unpaired) electrons. The number of hydrogen-bond acceptors (Lipinski definition) is 8. The van der Waals surface area contributed by atoms with Crippen LogP contribution in [0.4, 0.5) is 5.69 Å². The number of carbonyl (C=O) groups excluding carboxylic acids is 2. The Kier molecular flexibility index (Phi) is 6.91. The molecule has 0 aliphatic carbocycles. The highest BCUT2D eigenvalue weighted by molar-refractivity contribution is 8.15. The number of thioether (sulfide) groups is 1. The molecule has 3 rings (SSSR count). The van der Waals surface area contributed by atoms with Gasteiger partial charge in [0.2, 0.25) is 11.8 Å². The Bertz CT molecular complexity index is 991. The molecule has 9 nitrogen and oxygen atoms in total. The molecule has 0 saturated carbocycles. The second-order valence-electron chi connectivity index (χ2n) is 6.16. The fourth-order valence-corrected chi connectivity index (χ4v) is 3.49. The van der Waals surface area contributed by atoms with Gasteiger partial charge in [-0.2, -0.15) is 5.10 Å². The average molecular weight is 428 g/mol. The van der Waals surface area contributed by atoms with Crippen molar-refractivity contribution < 1.29 is 24.2 Å². The van der Waals surface area contributed by atoms with Gasteiger partial charge in [0.05, 0.1) is 20.4 Å².